The summed E-state index contributed by atoms with van der Waals surface area (Å²) in [7, 11) is 1.74. The number of methoxy groups -OCH3 is 1. The highest BCUT2D eigenvalue weighted by Crippen LogP contribution is 2.37. The van der Waals surface area contributed by atoms with E-state index in [0.717, 1.165) is 57.7 Å². The summed E-state index contributed by atoms with van der Waals surface area (Å²) in [5, 5.41) is 12.9. The first-order valence-corrected chi connectivity index (χ1v) is 9.31. The van der Waals surface area contributed by atoms with Crippen molar-refractivity contribution in [2.24, 2.45) is 0 Å². The molecule has 2 aliphatic heterocycles. The van der Waals surface area contributed by atoms with Gasteiger partial charge < -0.3 is 14.6 Å². The van der Waals surface area contributed by atoms with Crippen LogP contribution in [0.2, 0.25) is 0 Å². The fraction of sp³-hybridized carbons (Fsp3) is 0.524. The standard InChI is InChI=1S/C21H27NO3/c1-24-19-9-8-16-5-2-3-6-17(16)18(19)15-22-12-10-21(11-13-22)20(23)7-4-14-25-21/h2-3,5-6,8-9,20,23H,4,7,10-15H2,1H3/t20-/m1/s1. The van der Waals surface area contributed by atoms with Crippen molar-refractivity contribution in [1.29, 1.82) is 0 Å². The molecule has 2 heterocycles. The van der Waals surface area contributed by atoms with Gasteiger partial charge in [0.15, 0.2) is 0 Å². The molecule has 25 heavy (non-hydrogen) atoms. The van der Waals surface area contributed by atoms with Gasteiger partial charge in [0.05, 0.1) is 18.8 Å². The van der Waals surface area contributed by atoms with Crippen molar-refractivity contribution in [3.8, 4) is 5.75 Å². The van der Waals surface area contributed by atoms with Crippen molar-refractivity contribution < 1.29 is 14.6 Å². The molecule has 2 aromatic rings. The van der Waals surface area contributed by atoms with E-state index in [1.165, 1.54) is 16.3 Å². The van der Waals surface area contributed by atoms with Crippen LogP contribution in [0.3, 0.4) is 0 Å². The van der Waals surface area contributed by atoms with Crippen LogP contribution in [0.1, 0.15) is 31.2 Å². The van der Waals surface area contributed by atoms with Gasteiger partial charge in [-0.1, -0.05) is 30.3 Å². The quantitative estimate of drug-likeness (QED) is 0.930. The zero-order chi connectivity index (χ0) is 17.3. The zero-order valence-electron chi connectivity index (χ0n) is 14.9. The molecule has 4 nitrogen and oxygen atoms in total. The number of aliphatic hydroxyl groups is 1. The second-order valence-corrected chi connectivity index (χ2v) is 7.31. The van der Waals surface area contributed by atoms with Crippen LogP contribution in [-0.2, 0) is 11.3 Å². The number of hydrogen-bond acceptors (Lipinski definition) is 4. The molecule has 0 saturated carbocycles. The number of nitrogens with zero attached hydrogens (tertiary/aromatic N) is 1. The number of fused-ring (bicyclic) bond motifs is 1. The van der Waals surface area contributed by atoms with Gasteiger partial charge in [0.1, 0.15) is 5.75 Å². The minimum absolute atomic E-state index is 0.308. The molecule has 2 fully saturated rings. The van der Waals surface area contributed by atoms with E-state index < -0.39 is 0 Å². The van der Waals surface area contributed by atoms with Gasteiger partial charge in [-0.3, -0.25) is 4.90 Å². The highest BCUT2D eigenvalue weighted by atomic mass is 16.5. The van der Waals surface area contributed by atoms with Crippen molar-refractivity contribution in [2.75, 3.05) is 26.8 Å². The van der Waals surface area contributed by atoms with Crippen molar-refractivity contribution in [3.05, 3.63) is 42.0 Å². The molecule has 0 unspecified atom stereocenters. The molecule has 1 N–H and O–H groups in total. The monoisotopic (exact) mass is 341 g/mol. The lowest BCUT2D eigenvalue weighted by molar-refractivity contribution is -0.177. The van der Waals surface area contributed by atoms with E-state index in [1.54, 1.807) is 7.11 Å². The minimum Gasteiger partial charge on any atom is -0.496 e. The Hall–Kier alpha value is -1.62. The van der Waals surface area contributed by atoms with Gasteiger partial charge in [0.2, 0.25) is 0 Å². The summed E-state index contributed by atoms with van der Waals surface area (Å²) in [5.74, 6) is 0.952. The van der Waals surface area contributed by atoms with Crippen LogP contribution < -0.4 is 4.74 Å². The average molecular weight is 341 g/mol. The number of rotatable bonds is 3. The zero-order valence-corrected chi connectivity index (χ0v) is 14.9. The summed E-state index contributed by atoms with van der Waals surface area (Å²) in [6.45, 7) is 3.55. The van der Waals surface area contributed by atoms with E-state index in [9.17, 15) is 5.11 Å². The van der Waals surface area contributed by atoms with E-state index in [-0.39, 0.29) is 11.7 Å². The van der Waals surface area contributed by atoms with Crippen LogP contribution in [0.4, 0.5) is 0 Å². The van der Waals surface area contributed by atoms with Gasteiger partial charge in [-0.05, 0) is 42.5 Å². The minimum atomic E-state index is -0.310. The molecule has 4 rings (SSSR count). The maximum Gasteiger partial charge on any atom is 0.123 e. The van der Waals surface area contributed by atoms with E-state index in [2.05, 4.69) is 41.3 Å². The van der Waals surface area contributed by atoms with Crippen LogP contribution in [0, 0.1) is 0 Å². The topological polar surface area (TPSA) is 41.9 Å². The Labute approximate surface area is 149 Å². The van der Waals surface area contributed by atoms with Crippen LogP contribution in [0.15, 0.2) is 36.4 Å². The lowest BCUT2D eigenvalue weighted by Gasteiger charge is -2.46. The molecule has 0 amide bonds. The second kappa shape index (κ2) is 6.94. The fourth-order valence-corrected chi connectivity index (χ4v) is 4.37. The van der Waals surface area contributed by atoms with Crippen LogP contribution in [0.25, 0.3) is 10.8 Å². The molecule has 0 aromatic heterocycles. The number of ether oxygens (including phenoxy) is 2. The van der Waals surface area contributed by atoms with Crippen LogP contribution >= 0.6 is 0 Å². The molecular weight excluding hydrogens is 314 g/mol. The highest BCUT2D eigenvalue weighted by Gasteiger charge is 2.43. The Kier molecular flexibility index (Phi) is 4.67. The average Bonchev–Trinajstić information content (AvgIpc) is 2.66. The molecule has 0 bridgehead atoms. The van der Waals surface area contributed by atoms with Crippen molar-refractivity contribution in [3.63, 3.8) is 0 Å². The molecule has 4 heteroatoms. The maximum atomic E-state index is 10.4. The van der Waals surface area contributed by atoms with E-state index in [1.807, 2.05) is 0 Å². The van der Waals surface area contributed by atoms with Gasteiger partial charge in [-0.25, -0.2) is 0 Å². The molecule has 2 aromatic carbocycles. The normalized spacial score (nSPS) is 23.8. The van der Waals surface area contributed by atoms with Gasteiger partial charge >= 0.3 is 0 Å². The van der Waals surface area contributed by atoms with E-state index in [0.29, 0.717) is 0 Å². The Morgan fingerprint density at radius 2 is 2.00 bits per heavy atom. The fourth-order valence-electron chi connectivity index (χ4n) is 4.37. The highest BCUT2D eigenvalue weighted by molar-refractivity contribution is 5.87. The van der Waals surface area contributed by atoms with Gasteiger partial charge in [-0.15, -0.1) is 0 Å². The molecule has 2 saturated heterocycles. The van der Waals surface area contributed by atoms with Crippen LogP contribution in [-0.4, -0.2) is 48.5 Å². The second-order valence-electron chi connectivity index (χ2n) is 7.31. The van der Waals surface area contributed by atoms with Crippen molar-refractivity contribution >= 4 is 10.8 Å². The predicted octanol–water partition coefficient (Wildman–Crippen LogP) is 3.35. The molecule has 1 spiro atoms. The third-order valence-corrected chi connectivity index (χ3v) is 5.92. The Morgan fingerprint density at radius 1 is 1.20 bits per heavy atom. The largest absolute Gasteiger partial charge is 0.496 e. The molecule has 0 radical (unpaired) electrons. The molecular formula is C21H27NO3. The van der Waals surface area contributed by atoms with Gasteiger partial charge in [-0.2, -0.15) is 0 Å². The summed E-state index contributed by atoms with van der Waals surface area (Å²) in [6.07, 6.45) is 3.34. The predicted molar refractivity (Wildman–Crippen MR) is 98.9 cm³/mol. The molecule has 1 atom stereocenters. The number of likely N-dealkylation sites (tertiary alicyclic amines) is 1. The lowest BCUT2D eigenvalue weighted by Crippen LogP contribution is -2.55. The SMILES string of the molecule is COc1ccc2ccccc2c1CN1CCC2(CC1)OCCC[C@H]2O. The van der Waals surface area contributed by atoms with Crippen molar-refractivity contribution in [2.45, 2.75) is 43.9 Å². The number of piperidine rings is 1. The number of aliphatic hydroxyl groups excluding tert-OH is 1. The van der Waals surface area contributed by atoms with E-state index in [4.69, 9.17) is 9.47 Å². The maximum absolute atomic E-state index is 10.4. The number of benzene rings is 2. The van der Waals surface area contributed by atoms with Crippen LogP contribution in [0.5, 0.6) is 5.75 Å². The molecule has 2 aliphatic rings. The molecule has 0 aliphatic carbocycles. The Balaban J connectivity index is 1.53. The summed E-state index contributed by atoms with van der Waals surface area (Å²) < 4.78 is 11.7. The Morgan fingerprint density at radius 3 is 2.76 bits per heavy atom. The summed E-state index contributed by atoms with van der Waals surface area (Å²) >= 11 is 0. The molecule has 134 valence electrons. The first-order chi connectivity index (χ1) is 12.2. The summed E-state index contributed by atoms with van der Waals surface area (Å²) in [6, 6.07) is 12.7. The first kappa shape index (κ1) is 16.8. The third-order valence-electron chi connectivity index (χ3n) is 5.92. The van der Waals surface area contributed by atoms with E-state index >= 15 is 0 Å². The first-order valence-electron chi connectivity index (χ1n) is 9.31. The third kappa shape index (κ3) is 3.14. The van der Waals surface area contributed by atoms with Crippen molar-refractivity contribution in [1.82, 2.24) is 4.90 Å². The summed E-state index contributed by atoms with van der Waals surface area (Å²) in [5.41, 5.74) is 0.944. The summed E-state index contributed by atoms with van der Waals surface area (Å²) in [4.78, 5) is 2.46. The van der Waals surface area contributed by atoms with Gasteiger partial charge in [0.25, 0.3) is 0 Å². The Bertz CT molecular complexity index is 737. The lowest BCUT2D eigenvalue weighted by atomic mass is 9.82. The smallest absolute Gasteiger partial charge is 0.123 e. The number of hydrogen-bond donors (Lipinski definition) is 1. The van der Waals surface area contributed by atoms with Gasteiger partial charge in [0, 0.05) is 31.8 Å².